The number of nitrogens with one attached hydrogen (secondary N) is 2. The van der Waals surface area contributed by atoms with Crippen LogP contribution in [0, 0.1) is 5.41 Å². The maximum absolute atomic E-state index is 12.1. The van der Waals surface area contributed by atoms with Crippen molar-refractivity contribution in [2.45, 2.75) is 31.8 Å². The molecule has 1 aromatic heterocycles. The molecule has 1 heterocycles. The number of carbonyl (C=O) groups is 1. The molecular weight excluding hydrogens is 324 g/mol. The molecule has 0 atom stereocenters. The Labute approximate surface area is 145 Å². The molecule has 0 saturated heterocycles. The van der Waals surface area contributed by atoms with Gasteiger partial charge in [0, 0.05) is 5.69 Å². The summed E-state index contributed by atoms with van der Waals surface area (Å²) in [5.41, 5.74) is 1.04. The summed E-state index contributed by atoms with van der Waals surface area (Å²) in [5, 5.41) is 13.0. The van der Waals surface area contributed by atoms with Crippen LogP contribution in [-0.4, -0.2) is 25.0 Å². The van der Waals surface area contributed by atoms with E-state index in [0.29, 0.717) is 22.8 Å². The first-order chi connectivity index (χ1) is 11.7. The first kappa shape index (κ1) is 16.5. The van der Waals surface area contributed by atoms with E-state index in [1.165, 1.54) is 18.4 Å². The molecule has 0 spiro atoms. The van der Waals surface area contributed by atoms with E-state index in [-0.39, 0.29) is 6.10 Å². The average Bonchev–Trinajstić information content (AvgIpc) is 3.29. The summed E-state index contributed by atoms with van der Waals surface area (Å²) in [6.45, 7) is 0. The Morgan fingerprint density at radius 2 is 2.08 bits per heavy atom. The monoisotopic (exact) mass is 344 g/mol. The summed E-state index contributed by atoms with van der Waals surface area (Å²) >= 11 is 1.49. The lowest BCUT2D eigenvalue weighted by molar-refractivity contribution is 0.0593. The van der Waals surface area contributed by atoms with Gasteiger partial charge in [-0.05, 0) is 55.3 Å². The number of ether oxygens (including phenoxy) is 2. The van der Waals surface area contributed by atoms with Gasteiger partial charge in [-0.3, -0.25) is 5.41 Å². The highest BCUT2D eigenvalue weighted by Crippen LogP contribution is 2.29. The average molecular weight is 344 g/mol. The number of amidine groups is 1. The van der Waals surface area contributed by atoms with Gasteiger partial charge >= 0.3 is 5.97 Å². The summed E-state index contributed by atoms with van der Waals surface area (Å²) in [4.78, 5) is 12.9. The SMILES string of the molecule is COC(=O)c1cc(NC(=N)c2cccs2)ccc1OC1CCCC1. The molecule has 2 aromatic rings. The number of carbonyl (C=O) groups excluding carboxylic acids is 1. The summed E-state index contributed by atoms with van der Waals surface area (Å²) in [6.07, 6.45) is 4.52. The molecule has 2 N–H and O–H groups in total. The number of benzene rings is 1. The van der Waals surface area contributed by atoms with Gasteiger partial charge in [0.2, 0.25) is 0 Å². The van der Waals surface area contributed by atoms with Crippen molar-refractivity contribution in [2.75, 3.05) is 12.4 Å². The predicted octanol–water partition coefficient (Wildman–Crippen LogP) is 4.29. The lowest BCUT2D eigenvalue weighted by atomic mass is 10.1. The zero-order valence-electron chi connectivity index (χ0n) is 13.5. The van der Waals surface area contributed by atoms with Gasteiger partial charge in [0.05, 0.1) is 18.1 Å². The Kier molecular flexibility index (Phi) is 5.15. The number of hydrogen-bond acceptors (Lipinski definition) is 5. The smallest absolute Gasteiger partial charge is 0.341 e. The third-order valence-corrected chi connectivity index (χ3v) is 4.90. The van der Waals surface area contributed by atoms with E-state index >= 15 is 0 Å². The van der Waals surface area contributed by atoms with Crippen LogP contribution in [0.15, 0.2) is 35.7 Å². The van der Waals surface area contributed by atoms with Crippen LogP contribution >= 0.6 is 11.3 Å². The highest BCUT2D eigenvalue weighted by atomic mass is 32.1. The molecule has 1 aliphatic rings. The Bertz CT molecular complexity index is 722. The van der Waals surface area contributed by atoms with Crippen molar-refractivity contribution in [1.82, 2.24) is 0 Å². The molecule has 6 heteroatoms. The van der Waals surface area contributed by atoms with Gasteiger partial charge in [-0.15, -0.1) is 11.3 Å². The fourth-order valence-electron chi connectivity index (χ4n) is 2.79. The van der Waals surface area contributed by atoms with Crippen molar-refractivity contribution in [1.29, 1.82) is 5.41 Å². The van der Waals surface area contributed by atoms with Crippen LogP contribution in [-0.2, 0) is 4.74 Å². The van der Waals surface area contributed by atoms with Crippen LogP contribution < -0.4 is 10.1 Å². The van der Waals surface area contributed by atoms with Gasteiger partial charge in [0.1, 0.15) is 17.1 Å². The first-order valence-electron chi connectivity index (χ1n) is 7.96. The molecule has 24 heavy (non-hydrogen) atoms. The van der Waals surface area contributed by atoms with Gasteiger partial charge in [0.15, 0.2) is 0 Å². The minimum atomic E-state index is -0.436. The molecule has 5 nitrogen and oxygen atoms in total. The molecule has 0 bridgehead atoms. The Hall–Kier alpha value is -2.34. The maximum atomic E-state index is 12.1. The number of anilines is 1. The number of thiophene rings is 1. The standard InChI is InChI=1S/C18H20N2O3S/c1-22-18(21)14-11-12(20-17(19)16-7-4-10-24-16)8-9-15(14)23-13-5-2-3-6-13/h4,7-11,13H,2-3,5-6H2,1H3,(H2,19,20). The summed E-state index contributed by atoms with van der Waals surface area (Å²) in [6, 6.07) is 9.04. The van der Waals surface area contributed by atoms with Crippen LogP contribution in [0.3, 0.4) is 0 Å². The molecule has 126 valence electrons. The molecular formula is C18H20N2O3S. The van der Waals surface area contributed by atoms with Crippen LogP contribution in [0.1, 0.15) is 40.9 Å². The van der Waals surface area contributed by atoms with E-state index in [0.717, 1.165) is 30.6 Å². The molecule has 1 saturated carbocycles. The van der Waals surface area contributed by atoms with Gasteiger partial charge in [-0.1, -0.05) is 6.07 Å². The van der Waals surface area contributed by atoms with E-state index in [1.54, 1.807) is 12.1 Å². The Morgan fingerprint density at radius 3 is 2.75 bits per heavy atom. The van der Waals surface area contributed by atoms with E-state index in [2.05, 4.69) is 5.32 Å². The molecule has 1 fully saturated rings. The van der Waals surface area contributed by atoms with Gasteiger partial charge < -0.3 is 14.8 Å². The number of esters is 1. The number of hydrogen-bond donors (Lipinski definition) is 2. The Balaban J connectivity index is 1.80. The summed E-state index contributed by atoms with van der Waals surface area (Å²) in [5.74, 6) is 0.404. The largest absolute Gasteiger partial charge is 0.490 e. The molecule has 1 aliphatic carbocycles. The highest BCUT2D eigenvalue weighted by molar-refractivity contribution is 7.12. The zero-order valence-corrected chi connectivity index (χ0v) is 14.3. The van der Waals surface area contributed by atoms with E-state index < -0.39 is 5.97 Å². The lowest BCUT2D eigenvalue weighted by Crippen LogP contribution is -2.15. The zero-order chi connectivity index (χ0) is 16.9. The van der Waals surface area contributed by atoms with Crippen LogP contribution in [0.25, 0.3) is 0 Å². The fraction of sp³-hybridized carbons (Fsp3) is 0.333. The van der Waals surface area contributed by atoms with Crippen LogP contribution in [0.5, 0.6) is 5.75 Å². The summed E-state index contributed by atoms with van der Waals surface area (Å²) < 4.78 is 10.9. The van der Waals surface area contributed by atoms with Crippen molar-refractivity contribution < 1.29 is 14.3 Å². The van der Waals surface area contributed by atoms with E-state index in [4.69, 9.17) is 14.9 Å². The second-order valence-electron chi connectivity index (χ2n) is 5.70. The van der Waals surface area contributed by atoms with E-state index in [1.807, 2.05) is 23.6 Å². The summed E-state index contributed by atoms with van der Waals surface area (Å²) in [7, 11) is 1.36. The van der Waals surface area contributed by atoms with Crippen molar-refractivity contribution in [3.8, 4) is 5.75 Å². The molecule has 0 aliphatic heterocycles. The van der Waals surface area contributed by atoms with Crippen molar-refractivity contribution in [3.63, 3.8) is 0 Å². The Morgan fingerprint density at radius 1 is 1.29 bits per heavy atom. The van der Waals surface area contributed by atoms with Crippen molar-refractivity contribution in [3.05, 3.63) is 46.2 Å². The third-order valence-electron chi connectivity index (χ3n) is 4.02. The minimum Gasteiger partial charge on any atom is -0.490 e. The van der Waals surface area contributed by atoms with E-state index in [9.17, 15) is 4.79 Å². The van der Waals surface area contributed by atoms with Crippen molar-refractivity contribution in [2.24, 2.45) is 0 Å². The first-order valence-corrected chi connectivity index (χ1v) is 8.84. The maximum Gasteiger partial charge on any atom is 0.341 e. The second kappa shape index (κ2) is 7.49. The predicted molar refractivity (Wildman–Crippen MR) is 95.4 cm³/mol. The van der Waals surface area contributed by atoms with Crippen LogP contribution in [0.2, 0.25) is 0 Å². The molecule has 0 amide bonds. The third kappa shape index (κ3) is 3.76. The fourth-order valence-corrected chi connectivity index (χ4v) is 3.42. The number of rotatable bonds is 5. The molecule has 0 unspecified atom stereocenters. The quantitative estimate of drug-likeness (QED) is 0.482. The second-order valence-corrected chi connectivity index (χ2v) is 6.65. The van der Waals surface area contributed by atoms with Crippen molar-refractivity contribution >= 4 is 28.8 Å². The normalized spacial score (nSPS) is 14.4. The topological polar surface area (TPSA) is 71.4 Å². The minimum absolute atomic E-state index is 0.164. The highest BCUT2D eigenvalue weighted by Gasteiger charge is 2.21. The van der Waals surface area contributed by atoms with Gasteiger partial charge in [-0.2, -0.15) is 0 Å². The molecule has 1 aromatic carbocycles. The number of methoxy groups -OCH3 is 1. The molecule has 0 radical (unpaired) electrons. The van der Waals surface area contributed by atoms with Crippen LogP contribution in [0.4, 0.5) is 5.69 Å². The molecule has 3 rings (SSSR count). The van der Waals surface area contributed by atoms with Gasteiger partial charge in [0.25, 0.3) is 0 Å². The van der Waals surface area contributed by atoms with Gasteiger partial charge in [-0.25, -0.2) is 4.79 Å². The lowest BCUT2D eigenvalue weighted by Gasteiger charge is -2.17.